The van der Waals surface area contributed by atoms with E-state index < -0.39 is 0 Å². The highest BCUT2D eigenvalue weighted by atomic mass is 16.1. The van der Waals surface area contributed by atoms with Gasteiger partial charge in [-0.15, -0.1) is 0 Å². The minimum atomic E-state index is 0.0439. The lowest BCUT2D eigenvalue weighted by atomic mass is 10.1. The molecule has 1 unspecified atom stereocenters. The van der Waals surface area contributed by atoms with Crippen molar-refractivity contribution < 1.29 is 4.79 Å². The van der Waals surface area contributed by atoms with Crippen LogP contribution in [0.5, 0.6) is 0 Å². The monoisotopic (exact) mass is 208 g/mol. The molecule has 0 bridgehead atoms. The maximum absolute atomic E-state index is 11.2. The first kappa shape index (κ1) is 10.7. The van der Waals surface area contributed by atoms with Gasteiger partial charge in [0.25, 0.3) is 0 Å². The molecule has 3 nitrogen and oxygen atoms in total. The Labute approximate surface area is 91.5 Å². The molecule has 1 saturated carbocycles. The molecule has 0 aromatic carbocycles. The largest absolute Gasteiger partial charge is 0.352 e. The van der Waals surface area contributed by atoms with Crippen LogP contribution in [-0.4, -0.2) is 36.5 Å². The fourth-order valence-corrected chi connectivity index (χ4v) is 2.26. The van der Waals surface area contributed by atoms with E-state index in [1.54, 1.807) is 12.2 Å². The molecule has 0 aromatic rings. The minimum absolute atomic E-state index is 0.0439. The lowest BCUT2D eigenvalue weighted by Crippen LogP contribution is -2.30. The number of nitrogens with one attached hydrogen (secondary N) is 1. The lowest BCUT2D eigenvalue weighted by molar-refractivity contribution is -0.116. The van der Waals surface area contributed by atoms with Gasteiger partial charge in [-0.25, -0.2) is 0 Å². The Balaban J connectivity index is 1.65. The zero-order valence-electron chi connectivity index (χ0n) is 9.41. The van der Waals surface area contributed by atoms with Gasteiger partial charge in [-0.05, 0) is 44.7 Å². The molecular formula is C12H20N2O. The number of carbonyl (C=O) groups excluding carboxylic acids is 1. The Bertz CT molecular complexity index is 258. The molecule has 0 aromatic heterocycles. The van der Waals surface area contributed by atoms with E-state index in [1.807, 2.05) is 6.92 Å². The standard InChI is InChI=1S/C12H20N2O/c1-2-3-12(15)13-8-10-6-7-14(9-10)11-4-5-11/h2-3,10-11H,4-9H2,1H3,(H,13,15). The van der Waals surface area contributed by atoms with E-state index in [0.29, 0.717) is 5.92 Å². The second-order valence-corrected chi connectivity index (χ2v) is 4.63. The molecule has 1 heterocycles. The molecule has 84 valence electrons. The first-order valence-corrected chi connectivity index (χ1v) is 5.94. The molecule has 2 aliphatic rings. The van der Waals surface area contributed by atoms with Gasteiger partial charge in [0.05, 0.1) is 0 Å². The number of carbonyl (C=O) groups is 1. The van der Waals surface area contributed by atoms with Gasteiger partial charge in [0.2, 0.25) is 5.91 Å². The van der Waals surface area contributed by atoms with E-state index in [4.69, 9.17) is 0 Å². The van der Waals surface area contributed by atoms with Crippen LogP contribution >= 0.6 is 0 Å². The number of rotatable bonds is 4. The maximum atomic E-state index is 11.2. The Morgan fingerprint density at radius 1 is 1.47 bits per heavy atom. The van der Waals surface area contributed by atoms with Gasteiger partial charge in [-0.1, -0.05) is 6.08 Å². The summed E-state index contributed by atoms with van der Waals surface area (Å²) in [7, 11) is 0. The molecule has 0 spiro atoms. The van der Waals surface area contributed by atoms with Crippen molar-refractivity contribution in [2.75, 3.05) is 19.6 Å². The maximum Gasteiger partial charge on any atom is 0.243 e. The van der Waals surface area contributed by atoms with Gasteiger partial charge in [0.1, 0.15) is 0 Å². The normalized spacial score (nSPS) is 27.4. The zero-order valence-corrected chi connectivity index (χ0v) is 9.41. The van der Waals surface area contributed by atoms with Crippen LogP contribution in [0.25, 0.3) is 0 Å². The van der Waals surface area contributed by atoms with Crippen molar-refractivity contribution in [2.45, 2.75) is 32.2 Å². The summed E-state index contributed by atoms with van der Waals surface area (Å²) in [6.07, 6.45) is 7.38. The van der Waals surface area contributed by atoms with Gasteiger partial charge in [-0.3, -0.25) is 4.79 Å². The number of likely N-dealkylation sites (tertiary alicyclic amines) is 1. The summed E-state index contributed by atoms with van der Waals surface area (Å²) in [6, 6.07) is 0.876. The van der Waals surface area contributed by atoms with E-state index in [2.05, 4.69) is 10.2 Å². The Kier molecular flexibility index (Phi) is 3.41. The summed E-state index contributed by atoms with van der Waals surface area (Å²) in [5.41, 5.74) is 0. The van der Waals surface area contributed by atoms with Crippen LogP contribution in [0.2, 0.25) is 0 Å². The van der Waals surface area contributed by atoms with Crippen molar-refractivity contribution in [1.29, 1.82) is 0 Å². The van der Waals surface area contributed by atoms with Crippen LogP contribution in [0.4, 0.5) is 0 Å². The molecule has 1 aliphatic carbocycles. The Morgan fingerprint density at radius 2 is 2.27 bits per heavy atom. The summed E-state index contributed by atoms with van der Waals surface area (Å²) < 4.78 is 0. The highest BCUT2D eigenvalue weighted by molar-refractivity contribution is 5.87. The van der Waals surface area contributed by atoms with Crippen molar-refractivity contribution >= 4 is 5.91 Å². The SMILES string of the molecule is CC=CC(=O)NCC1CCN(C2CC2)C1. The Hall–Kier alpha value is -0.830. The van der Waals surface area contributed by atoms with Gasteiger partial charge in [-0.2, -0.15) is 0 Å². The predicted molar refractivity (Wildman–Crippen MR) is 60.5 cm³/mol. The second-order valence-electron chi connectivity index (χ2n) is 4.63. The fourth-order valence-electron chi connectivity index (χ4n) is 2.26. The van der Waals surface area contributed by atoms with E-state index >= 15 is 0 Å². The van der Waals surface area contributed by atoms with Crippen LogP contribution < -0.4 is 5.32 Å². The topological polar surface area (TPSA) is 32.3 Å². The van der Waals surface area contributed by atoms with Crippen molar-refractivity contribution in [1.82, 2.24) is 10.2 Å². The van der Waals surface area contributed by atoms with Crippen molar-refractivity contribution in [3.63, 3.8) is 0 Å². The molecular weight excluding hydrogens is 188 g/mol. The highest BCUT2D eigenvalue weighted by Gasteiger charge is 2.34. The third kappa shape index (κ3) is 3.06. The highest BCUT2D eigenvalue weighted by Crippen LogP contribution is 2.31. The average Bonchev–Trinajstić information content (AvgIpc) is 2.96. The number of hydrogen-bond donors (Lipinski definition) is 1. The molecule has 1 aliphatic heterocycles. The predicted octanol–water partition coefficient (Wildman–Crippen LogP) is 1.16. The number of hydrogen-bond acceptors (Lipinski definition) is 2. The lowest BCUT2D eigenvalue weighted by Gasteiger charge is -2.14. The second kappa shape index (κ2) is 4.79. The quantitative estimate of drug-likeness (QED) is 0.703. The summed E-state index contributed by atoms with van der Waals surface area (Å²) in [4.78, 5) is 13.8. The summed E-state index contributed by atoms with van der Waals surface area (Å²) >= 11 is 0. The van der Waals surface area contributed by atoms with E-state index in [-0.39, 0.29) is 5.91 Å². The van der Waals surface area contributed by atoms with Gasteiger partial charge in [0, 0.05) is 19.1 Å². The molecule has 2 fully saturated rings. The van der Waals surface area contributed by atoms with Crippen LogP contribution in [-0.2, 0) is 4.79 Å². The molecule has 2 rings (SSSR count). The van der Waals surface area contributed by atoms with Crippen LogP contribution in [0, 0.1) is 5.92 Å². The zero-order chi connectivity index (χ0) is 10.7. The minimum Gasteiger partial charge on any atom is -0.352 e. The first-order valence-electron chi connectivity index (χ1n) is 5.94. The molecule has 1 saturated heterocycles. The van der Waals surface area contributed by atoms with Crippen molar-refractivity contribution in [3.8, 4) is 0 Å². The van der Waals surface area contributed by atoms with Crippen LogP contribution in [0.15, 0.2) is 12.2 Å². The first-order chi connectivity index (χ1) is 7.29. The summed E-state index contributed by atoms with van der Waals surface area (Å²) in [6.45, 7) is 5.12. The van der Waals surface area contributed by atoms with Crippen LogP contribution in [0.1, 0.15) is 26.2 Å². The fraction of sp³-hybridized carbons (Fsp3) is 0.750. The average molecular weight is 208 g/mol. The third-order valence-corrected chi connectivity index (χ3v) is 3.26. The van der Waals surface area contributed by atoms with Gasteiger partial charge >= 0.3 is 0 Å². The van der Waals surface area contributed by atoms with Gasteiger partial charge in [0.15, 0.2) is 0 Å². The van der Waals surface area contributed by atoms with E-state index in [0.717, 1.165) is 12.6 Å². The third-order valence-electron chi connectivity index (χ3n) is 3.26. The molecule has 1 amide bonds. The van der Waals surface area contributed by atoms with E-state index in [1.165, 1.54) is 32.4 Å². The number of nitrogens with zero attached hydrogens (tertiary/aromatic N) is 1. The van der Waals surface area contributed by atoms with Gasteiger partial charge < -0.3 is 10.2 Å². The molecule has 1 atom stereocenters. The number of amides is 1. The molecule has 0 radical (unpaired) electrons. The number of allylic oxidation sites excluding steroid dienone is 1. The van der Waals surface area contributed by atoms with Crippen molar-refractivity contribution in [2.24, 2.45) is 5.92 Å². The van der Waals surface area contributed by atoms with Crippen LogP contribution in [0.3, 0.4) is 0 Å². The molecule has 3 heteroatoms. The Morgan fingerprint density at radius 3 is 2.93 bits per heavy atom. The molecule has 1 N–H and O–H groups in total. The smallest absolute Gasteiger partial charge is 0.243 e. The van der Waals surface area contributed by atoms with E-state index in [9.17, 15) is 4.79 Å². The van der Waals surface area contributed by atoms with Crippen molar-refractivity contribution in [3.05, 3.63) is 12.2 Å². The summed E-state index contributed by atoms with van der Waals surface area (Å²) in [5, 5.41) is 2.95. The molecule has 15 heavy (non-hydrogen) atoms. The summed E-state index contributed by atoms with van der Waals surface area (Å²) in [5.74, 6) is 0.710.